The van der Waals surface area contributed by atoms with Gasteiger partial charge in [-0.15, -0.1) is 0 Å². The molecule has 0 saturated heterocycles. The first-order valence-electron chi connectivity index (χ1n) is 7.19. The van der Waals surface area contributed by atoms with E-state index < -0.39 is 0 Å². The predicted octanol–water partition coefficient (Wildman–Crippen LogP) is 3.61. The molecule has 1 atom stereocenters. The molecule has 1 N–H and O–H groups in total. The van der Waals surface area contributed by atoms with Crippen LogP contribution in [-0.4, -0.2) is 11.6 Å². The van der Waals surface area contributed by atoms with E-state index in [1.807, 2.05) is 17.8 Å². The number of rotatable bonds is 6. The molecular formula is C17H20FN3. The van der Waals surface area contributed by atoms with E-state index in [4.69, 9.17) is 5.26 Å². The Kier molecular flexibility index (Phi) is 5.13. The van der Waals surface area contributed by atoms with Crippen molar-refractivity contribution in [3.63, 3.8) is 0 Å². The van der Waals surface area contributed by atoms with E-state index >= 15 is 0 Å². The Morgan fingerprint density at radius 3 is 2.86 bits per heavy atom. The van der Waals surface area contributed by atoms with Crippen LogP contribution in [0.1, 0.15) is 42.5 Å². The lowest BCUT2D eigenvalue weighted by Gasteiger charge is -2.13. The molecule has 0 aliphatic carbocycles. The van der Waals surface area contributed by atoms with E-state index in [1.54, 1.807) is 0 Å². The van der Waals surface area contributed by atoms with E-state index in [0.717, 1.165) is 12.8 Å². The summed E-state index contributed by atoms with van der Waals surface area (Å²) in [5.74, 6) is -0.310. The molecule has 0 saturated carbocycles. The Labute approximate surface area is 125 Å². The zero-order valence-electron chi connectivity index (χ0n) is 12.4. The summed E-state index contributed by atoms with van der Waals surface area (Å²) in [6.07, 6.45) is 6.22. The first-order valence-corrected chi connectivity index (χ1v) is 7.19. The molecule has 3 nitrogen and oxygen atoms in total. The number of hydrogen-bond acceptors (Lipinski definition) is 2. The molecule has 110 valence electrons. The molecular weight excluding hydrogens is 265 g/mol. The zero-order chi connectivity index (χ0) is 15.2. The van der Waals surface area contributed by atoms with Gasteiger partial charge in [0.1, 0.15) is 5.82 Å². The van der Waals surface area contributed by atoms with Crippen LogP contribution in [0, 0.1) is 17.1 Å². The summed E-state index contributed by atoms with van der Waals surface area (Å²) in [5, 5.41) is 12.4. The van der Waals surface area contributed by atoms with Crippen LogP contribution in [0.15, 0.2) is 36.7 Å². The maximum Gasteiger partial charge on any atom is 0.123 e. The number of halogens is 1. The SMILES string of the molecule is CCCC(NC)c1ccn(Cc2cc(F)ccc2C#N)c1. The lowest BCUT2D eigenvalue weighted by Crippen LogP contribution is -2.15. The zero-order valence-corrected chi connectivity index (χ0v) is 12.4. The van der Waals surface area contributed by atoms with Gasteiger partial charge in [0.05, 0.1) is 11.6 Å². The number of benzene rings is 1. The maximum absolute atomic E-state index is 13.3. The highest BCUT2D eigenvalue weighted by Crippen LogP contribution is 2.20. The molecule has 0 fully saturated rings. The van der Waals surface area contributed by atoms with Crippen LogP contribution < -0.4 is 5.32 Å². The minimum absolute atomic E-state index is 0.310. The van der Waals surface area contributed by atoms with Crippen LogP contribution in [0.3, 0.4) is 0 Å². The first kappa shape index (κ1) is 15.3. The number of nitriles is 1. The Bertz CT molecular complexity index is 640. The molecule has 4 heteroatoms. The van der Waals surface area contributed by atoms with Gasteiger partial charge in [0.2, 0.25) is 0 Å². The molecule has 21 heavy (non-hydrogen) atoms. The average molecular weight is 285 g/mol. The van der Waals surface area contributed by atoms with E-state index in [-0.39, 0.29) is 5.82 Å². The van der Waals surface area contributed by atoms with Gasteiger partial charge in [-0.1, -0.05) is 13.3 Å². The highest BCUT2D eigenvalue weighted by atomic mass is 19.1. The van der Waals surface area contributed by atoms with Gasteiger partial charge in [0, 0.05) is 25.0 Å². The summed E-state index contributed by atoms with van der Waals surface area (Å²) in [7, 11) is 1.96. The minimum Gasteiger partial charge on any atom is -0.350 e. The molecule has 0 spiro atoms. The van der Waals surface area contributed by atoms with Gasteiger partial charge in [0.15, 0.2) is 0 Å². The molecule has 0 aliphatic heterocycles. The molecule has 1 unspecified atom stereocenters. The molecule has 1 aromatic heterocycles. The third kappa shape index (κ3) is 3.71. The lowest BCUT2D eigenvalue weighted by molar-refractivity contribution is 0.540. The van der Waals surface area contributed by atoms with Gasteiger partial charge in [-0.05, 0) is 48.9 Å². The summed E-state index contributed by atoms with van der Waals surface area (Å²) in [5.41, 5.74) is 2.44. The number of nitrogens with zero attached hydrogens (tertiary/aromatic N) is 2. The summed E-state index contributed by atoms with van der Waals surface area (Å²) >= 11 is 0. The molecule has 0 radical (unpaired) electrons. The number of nitrogens with one attached hydrogen (secondary N) is 1. The van der Waals surface area contributed by atoms with E-state index in [0.29, 0.717) is 23.7 Å². The number of aromatic nitrogens is 1. The Hall–Kier alpha value is -2.12. The van der Waals surface area contributed by atoms with Gasteiger partial charge in [0.25, 0.3) is 0 Å². The highest BCUT2D eigenvalue weighted by Gasteiger charge is 2.10. The normalized spacial score (nSPS) is 12.1. The standard InChI is InChI=1S/C17H20FN3/c1-3-4-17(20-2)14-7-8-21(11-14)12-15-9-16(18)6-5-13(15)10-19/h5-9,11,17,20H,3-4,12H2,1-2H3. The smallest absolute Gasteiger partial charge is 0.123 e. The molecule has 1 aromatic carbocycles. The largest absolute Gasteiger partial charge is 0.350 e. The van der Waals surface area contributed by atoms with Gasteiger partial charge >= 0.3 is 0 Å². The monoisotopic (exact) mass is 285 g/mol. The van der Waals surface area contributed by atoms with Crippen molar-refractivity contribution in [3.05, 3.63) is 59.2 Å². The van der Waals surface area contributed by atoms with Crippen molar-refractivity contribution in [1.29, 1.82) is 5.26 Å². The van der Waals surface area contributed by atoms with Crippen LogP contribution in [0.5, 0.6) is 0 Å². The summed E-state index contributed by atoms with van der Waals surface area (Å²) in [6, 6.07) is 8.80. The predicted molar refractivity (Wildman–Crippen MR) is 81.4 cm³/mol. The quantitative estimate of drug-likeness (QED) is 0.881. The van der Waals surface area contributed by atoms with Crippen molar-refractivity contribution in [1.82, 2.24) is 9.88 Å². The molecule has 0 bridgehead atoms. The fraction of sp³-hybridized carbons (Fsp3) is 0.353. The molecule has 2 aromatic rings. The third-order valence-electron chi connectivity index (χ3n) is 3.64. The van der Waals surface area contributed by atoms with E-state index in [2.05, 4.69) is 30.6 Å². The molecule has 0 amide bonds. The van der Waals surface area contributed by atoms with Crippen molar-refractivity contribution in [2.75, 3.05) is 7.05 Å². The Balaban J connectivity index is 2.20. The fourth-order valence-electron chi connectivity index (χ4n) is 2.53. The second-order valence-corrected chi connectivity index (χ2v) is 5.16. The van der Waals surface area contributed by atoms with Gasteiger partial charge in [-0.3, -0.25) is 0 Å². The van der Waals surface area contributed by atoms with Crippen LogP contribution in [0.2, 0.25) is 0 Å². The summed E-state index contributed by atoms with van der Waals surface area (Å²) in [4.78, 5) is 0. The highest BCUT2D eigenvalue weighted by molar-refractivity contribution is 5.38. The second kappa shape index (κ2) is 7.05. The minimum atomic E-state index is -0.310. The van der Waals surface area contributed by atoms with Crippen LogP contribution in [0.25, 0.3) is 0 Å². The van der Waals surface area contributed by atoms with E-state index in [9.17, 15) is 4.39 Å². The second-order valence-electron chi connectivity index (χ2n) is 5.16. The Morgan fingerprint density at radius 1 is 1.38 bits per heavy atom. The van der Waals surface area contributed by atoms with E-state index in [1.165, 1.54) is 23.8 Å². The fourth-order valence-corrected chi connectivity index (χ4v) is 2.53. The summed E-state index contributed by atoms with van der Waals surface area (Å²) in [6.45, 7) is 2.66. The molecule has 2 rings (SSSR count). The average Bonchev–Trinajstić information content (AvgIpc) is 2.93. The van der Waals surface area contributed by atoms with Crippen molar-refractivity contribution in [2.24, 2.45) is 0 Å². The molecule has 0 aliphatic rings. The topological polar surface area (TPSA) is 40.8 Å². The Morgan fingerprint density at radius 2 is 2.19 bits per heavy atom. The van der Waals surface area contributed by atoms with Gasteiger partial charge < -0.3 is 9.88 Å². The first-order chi connectivity index (χ1) is 10.2. The van der Waals surface area contributed by atoms with Crippen molar-refractivity contribution in [2.45, 2.75) is 32.4 Å². The van der Waals surface area contributed by atoms with Gasteiger partial charge in [-0.2, -0.15) is 5.26 Å². The van der Waals surface area contributed by atoms with Crippen LogP contribution in [-0.2, 0) is 6.54 Å². The maximum atomic E-state index is 13.3. The summed E-state index contributed by atoms with van der Waals surface area (Å²) < 4.78 is 15.3. The van der Waals surface area contributed by atoms with Crippen molar-refractivity contribution < 1.29 is 4.39 Å². The van der Waals surface area contributed by atoms with Crippen LogP contribution in [0.4, 0.5) is 4.39 Å². The number of hydrogen-bond donors (Lipinski definition) is 1. The van der Waals surface area contributed by atoms with Crippen molar-refractivity contribution >= 4 is 0 Å². The third-order valence-corrected chi connectivity index (χ3v) is 3.64. The molecule has 1 heterocycles. The van der Waals surface area contributed by atoms with Crippen LogP contribution >= 0.6 is 0 Å². The van der Waals surface area contributed by atoms with Crippen molar-refractivity contribution in [3.8, 4) is 6.07 Å². The lowest BCUT2D eigenvalue weighted by atomic mass is 10.1. The van der Waals surface area contributed by atoms with Gasteiger partial charge in [-0.25, -0.2) is 4.39 Å².